The fourth-order valence-corrected chi connectivity index (χ4v) is 2.32. The van der Waals surface area contributed by atoms with E-state index in [9.17, 15) is 18.3 Å². The Balaban J connectivity index is 1.84. The second kappa shape index (κ2) is 7.40. The Hall–Kier alpha value is -3.14. The molecule has 2 aromatic heterocycles. The number of aliphatic hydroxyl groups excluding tert-OH is 1. The van der Waals surface area contributed by atoms with E-state index in [1.165, 1.54) is 6.20 Å². The molecular formula is C16H15F3N6O. The molecule has 3 aromatic rings. The van der Waals surface area contributed by atoms with Crippen molar-refractivity contribution in [2.45, 2.75) is 6.04 Å². The molecule has 0 aliphatic carbocycles. The van der Waals surface area contributed by atoms with Crippen molar-refractivity contribution in [3.05, 3.63) is 59.8 Å². The van der Waals surface area contributed by atoms with Gasteiger partial charge in [-0.05, 0) is 17.7 Å². The molecule has 7 nitrogen and oxygen atoms in total. The molecule has 0 saturated heterocycles. The molecule has 0 spiro atoms. The summed E-state index contributed by atoms with van der Waals surface area (Å²) in [6, 6.07) is 1.84. The molecule has 0 aliphatic heterocycles. The van der Waals surface area contributed by atoms with Gasteiger partial charge in [-0.25, -0.2) is 18.2 Å². The third-order valence-electron chi connectivity index (χ3n) is 3.49. The van der Waals surface area contributed by atoms with E-state index in [2.05, 4.69) is 25.7 Å². The van der Waals surface area contributed by atoms with Crippen molar-refractivity contribution in [2.75, 3.05) is 17.2 Å². The zero-order valence-corrected chi connectivity index (χ0v) is 13.6. The van der Waals surface area contributed by atoms with Crippen LogP contribution in [-0.2, 0) is 7.05 Å². The van der Waals surface area contributed by atoms with Crippen LogP contribution in [0.5, 0.6) is 0 Å². The van der Waals surface area contributed by atoms with Crippen LogP contribution < -0.4 is 10.6 Å². The maximum absolute atomic E-state index is 14.0. The Labute approximate surface area is 146 Å². The first kappa shape index (κ1) is 17.7. The van der Waals surface area contributed by atoms with Crippen LogP contribution in [0.1, 0.15) is 11.6 Å². The number of halogens is 3. The number of hydrogen-bond donors (Lipinski definition) is 3. The van der Waals surface area contributed by atoms with Gasteiger partial charge in [0.1, 0.15) is 11.6 Å². The van der Waals surface area contributed by atoms with Crippen molar-refractivity contribution in [3.63, 3.8) is 0 Å². The van der Waals surface area contributed by atoms with Crippen LogP contribution in [0.2, 0.25) is 0 Å². The van der Waals surface area contributed by atoms with Crippen LogP contribution in [0.25, 0.3) is 0 Å². The van der Waals surface area contributed by atoms with Crippen molar-refractivity contribution < 1.29 is 18.3 Å². The SMILES string of the molecule is Cn1cc(Nc2ncc(F)c(NC(CO)c3cc(F)cc(F)c3)n2)cn1. The van der Waals surface area contributed by atoms with Crippen molar-refractivity contribution in [1.82, 2.24) is 19.7 Å². The molecular weight excluding hydrogens is 349 g/mol. The average molecular weight is 364 g/mol. The average Bonchev–Trinajstić information content (AvgIpc) is 2.99. The molecule has 2 heterocycles. The maximum atomic E-state index is 14.0. The van der Waals surface area contributed by atoms with E-state index in [-0.39, 0.29) is 17.3 Å². The number of benzene rings is 1. The number of nitrogens with zero attached hydrogens (tertiary/aromatic N) is 4. The smallest absolute Gasteiger partial charge is 0.229 e. The highest BCUT2D eigenvalue weighted by molar-refractivity contribution is 5.53. The lowest BCUT2D eigenvalue weighted by Crippen LogP contribution is -2.17. The van der Waals surface area contributed by atoms with Crippen LogP contribution in [0.4, 0.5) is 30.6 Å². The molecule has 0 aliphatic rings. The molecule has 3 rings (SSSR count). The summed E-state index contributed by atoms with van der Waals surface area (Å²) in [5.74, 6) is -2.53. The molecule has 136 valence electrons. The number of aryl methyl sites for hydroxylation is 1. The fraction of sp³-hybridized carbons (Fsp3) is 0.188. The summed E-state index contributed by atoms with van der Waals surface area (Å²) in [7, 11) is 1.73. The first-order chi connectivity index (χ1) is 12.4. The van der Waals surface area contributed by atoms with Crippen LogP contribution in [0, 0.1) is 17.5 Å². The van der Waals surface area contributed by atoms with Crippen molar-refractivity contribution in [2.24, 2.45) is 7.05 Å². The molecule has 26 heavy (non-hydrogen) atoms. The minimum Gasteiger partial charge on any atom is -0.394 e. The minimum absolute atomic E-state index is 0.0870. The largest absolute Gasteiger partial charge is 0.394 e. The summed E-state index contributed by atoms with van der Waals surface area (Å²) < 4.78 is 42.4. The van der Waals surface area contributed by atoms with Crippen LogP contribution in [0.15, 0.2) is 36.8 Å². The Kier molecular flexibility index (Phi) is 5.03. The summed E-state index contributed by atoms with van der Waals surface area (Å²) in [5, 5.41) is 19.0. The van der Waals surface area contributed by atoms with E-state index in [1.807, 2.05) is 0 Å². The zero-order valence-electron chi connectivity index (χ0n) is 13.6. The Morgan fingerprint density at radius 1 is 1.15 bits per heavy atom. The molecule has 0 fully saturated rings. The number of aliphatic hydroxyl groups is 1. The predicted octanol–water partition coefficient (Wildman–Crippen LogP) is 2.52. The Morgan fingerprint density at radius 3 is 2.50 bits per heavy atom. The highest BCUT2D eigenvalue weighted by Gasteiger charge is 2.17. The second-order valence-corrected chi connectivity index (χ2v) is 5.50. The van der Waals surface area contributed by atoms with Gasteiger partial charge in [0, 0.05) is 19.3 Å². The van der Waals surface area contributed by atoms with Gasteiger partial charge in [0.2, 0.25) is 5.95 Å². The van der Waals surface area contributed by atoms with Gasteiger partial charge in [-0.15, -0.1) is 0 Å². The normalized spacial score (nSPS) is 12.0. The first-order valence-corrected chi connectivity index (χ1v) is 7.56. The Bertz CT molecular complexity index is 897. The number of nitrogens with one attached hydrogen (secondary N) is 2. The monoisotopic (exact) mass is 364 g/mol. The summed E-state index contributed by atoms with van der Waals surface area (Å²) in [6.07, 6.45) is 4.15. The minimum atomic E-state index is -0.962. The topological polar surface area (TPSA) is 87.9 Å². The van der Waals surface area contributed by atoms with Crippen molar-refractivity contribution in [1.29, 1.82) is 0 Å². The lowest BCUT2D eigenvalue weighted by molar-refractivity contribution is 0.275. The summed E-state index contributed by atoms with van der Waals surface area (Å²) in [5.41, 5.74) is 0.709. The molecule has 0 saturated carbocycles. The van der Waals surface area contributed by atoms with E-state index >= 15 is 0 Å². The van der Waals surface area contributed by atoms with Gasteiger partial charge in [0.25, 0.3) is 0 Å². The van der Waals surface area contributed by atoms with E-state index in [1.54, 1.807) is 17.9 Å². The van der Waals surface area contributed by atoms with E-state index < -0.39 is 30.1 Å². The van der Waals surface area contributed by atoms with Crippen LogP contribution in [-0.4, -0.2) is 31.5 Å². The molecule has 1 unspecified atom stereocenters. The second-order valence-electron chi connectivity index (χ2n) is 5.50. The quantitative estimate of drug-likeness (QED) is 0.623. The molecule has 0 radical (unpaired) electrons. The van der Waals surface area contributed by atoms with Gasteiger partial charge in [0.05, 0.1) is 30.7 Å². The van der Waals surface area contributed by atoms with Gasteiger partial charge in [-0.2, -0.15) is 10.1 Å². The Morgan fingerprint density at radius 2 is 1.88 bits per heavy atom. The first-order valence-electron chi connectivity index (χ1n) is 7.56. The molecule has 10 heteroatoms. The summed E-state index contributed by atoms with van der Waals surface area (Å²) in [6.45, 7) is -0.530. The van der Waals surface area contributed by atoms with E-state index in [0.29, 0.717) is 11.8 Å². The van der Waals surface area contributed by atoms with Gasteiger partial charge < -0.3 is 15.7 Å². The summed E-state index contributed by atoms with van der Waals surface area (Å²) in [4.78, 5) is 7.81. The number of anilines is 3. The molecule has 1 aromatic carbocycles. The van der Waals surface area contributed by atoms with Gasteiger partial charge in [0.15, 0.2) is 11.6 Å². The molecule has 1 atom stereocenters. The van der Waals surface area contributed by atoms with Crippen LogP contribution in [0.3, 0.4) is 0 Å². The van der Waals surface area contributed by atoms with Gasteiger partial charge >= 0.3 is 0 Å². The van der Waals surface area contributed by atoms with Crippen molar-refractivity contribution in [3.8, 4) is 0 Å². The lowest BCUT2D eigenvalue weighted by atomic mass is 10.1. The molecule has 0 bridgehead atoms. The van der Waals surface area contributed by atoms with Gasteiger partial charge in [-0.3, -0.25) is 4.68 Å². The van der Waals surface area contributed by atoms with Gasteiger partial charge in [-0.1, -0.05) is 0 Å². The summed E-state index contributed by atoms with van der Waals surface area (Å²) >= 11 is 0. The van der Waals surface area contributed by atoms with E-state index in [4.69, 9.17) is 0 Å². The molecule has 3 N–H and O–H groups in total. The lowest BCUT2D eigenvalue weighted by Gasteiger charge is -2.18. The predicted molar refractivity (Wildman–Crippen MR) is 88.3 cm³/mol. The third-order valence-corrected chi connectivity index (χ3v) is 3.49. The molecule has 0 amide bonds. The maximum Gasteiger partial charge on any atom is 0.229 e. The number of hydrogen-bond acceptors (Lipinski definition) is 6. The highest BCUT2D eigenvalue weighted by Crippen LogP contribution is 2.23. The van der Waals surface area contributed by atoms with Crippen molar-refractivity contribution >= 4 is 17.5 Å². The van der Waals surface area contributed by atoms with Crippen LogP contribution >= 0.6 is 0 Å². The third kappa shape index (κ3) is 4.09. The van der Waals surface area contributed by atoms with E-state index in [0.717, 1.165) is 18.3 Å². The highest BCUT2D eigenvalue weighted by atomic mass is 19.1. The fourth-order valence-electron chi connectivity index (χ4n) is 2.32. The standard InChI is InChI=1S/C16H15F3N6O/c1-25-7-12(5-21-25)22-16-20-6-13(19)15(24-16)23-14(8-26)9-2-10(17)4-11(18)3-9/h2-7,14,26H,8H2,1H3,(H2,20,22,23,24). The number of rotatable bonds is 6. The zero-order chi connectivity index (χ0) is 18.7. The number of aromatic nitrogens is 4.